The number of piperidine rings is 2. The molecule has 3 aliphatic heterocycles. The lowest BCUT2D eigenvalue weighted by atomic mass is 9.88. The molecule has 0 bridgehead atoms. The standard InChI is InChI=1S/C17H31N3O2/c1-22-17(6-8-18-9-7-17)16(21)20-12-4-15(5-13-20)14-19-10-2-3-11-19/h15,18H,2-14H2,1H3. The van der Waals surface area contributed by atoms with Crippen LogP contribution in [0.3, 0.4) is 0 Å². The predicted octanol–water partition coefficient (Wildman–Crippen LogP) is 1.09. The van der Waals surface area contributed by atoms with Crippen molar-refractivity contribution in [3.63, 3.8) is 0 Å². The van der Waals surface area contributed by atoms with Crippen LogP contribution in [0.5, 0.6) is 0 Å². The van der Waals surface area contributed by atoms with Crippen molar-refractivity contribution in [1.82, 2.24) is 15.1 Å². The summed E-state index contributed by atoms with van der Waals surface area (Å²) in [5.74, 6) is 1.00. The van der Waals surface area contributed by atoms with Gasteiger partial charge in [-0.15, -0.1) is 0 Å². The third-order valence-electron chi connectivity index (χ3n) is 5.81. The van der Waals surface area contributed by atoms with E-state index in [1.165, 1.54) is 32.5 Å². The molecule has 3 fully saturated rings. The highest BCUT2D eigenvalue weighted by Gasteiger charge is 2.43. The lowest BCUT2D eigenvalue weighted by Gasteiger charge is -2.41. The van der Waals surface area contributed by atoms with Crippen LogP contribution in [0.25, 0.3) is 0 Å². The monoisotopic (exact) mass is 309 g/mol. The first-order chi connectivity index (χ1) is 10.7. The van der Waals surface area contributed by atoms with Gasteiger partial charge in [0.15, 0.2) is 0 Å². The molecule has 3 rings (SSSR count). The fourth-order valence-electron chi connectivity index (χ4n) is 4.27. The van der Waals surface area contributed by atoms with E-state index < -0.39 is 5.60 Å². The Kier molecular flexibility index (Phi) is 5.37. The van der Waals surface area contributed by atoms with Gasteiger partial charge in [0.1, 0.15) is 5.60 Å². The van der Waals surface area contributed by atoms with Crippen molar-refractivity contribution in [1.29, 1.82) is 0 Å². The fourth-order valence-corrected chi connectivity index (χ4v) is 4.27. The summed E-state index contributed by atoms with van der Waals surface area (Å²) in [7, 11) is 1.70. The van der Waals surface area contributed by atoms with Crippen molar-refractivity contribution >= 4 is 5.91 Å². The van der Waals surface area contributed by atoms with Gasteiger partial charge in [0.2, 0.25) is 0 Å². The van der Waals surface area contributed by atoms with Crippen LogP contribution in [0.15, 0.2) is 0 Å². The Morgan fingerprint density at radius 3 is 2.36 bits per heavy atom. The molecular weight excluding hydrogens is 278 g/mol. The minimum absolute atomic E-state index is 0.233. The summed E-state index contributed by atoms with van der Waals surface area (Å²) >= 11 is 0. The third-order valence-corrected chi connectivity index (χ3v) is 5.81. The van der Waals surface area contributed by atoms with Crippen molar-refractivity contribution in [2.24, 2.45) is 5.92 Å². The van der Waals surface area contributed by atoms with Gasteiger partial charge in [0.05, 0.1) is 0 Å². The second-order valence-electron chi connectivity index (χ2n) is 7.19. The number of carbonyl (C=O) groups is 1. The quantitative estimate of drug-likeness (QED) is 0.844. The number of likely N-dealkylation sites (tertiary alicyclic amines) is 2. The topological polar surface area (TPSA) is 44.8 Å². The number of nitrogens with one attached hydrogen (secondary N) is 1. The molecule has 3 heterocycles. The van der Waals surface area contributed by atoms with Crippen LogP contribution in [0.1, 0.15) is 38.5 Å². The van der Waals surface area contributed by atoms with E-state index in [4.69, 9.17) is 4.74 Å². The third kappa shape index (κ3) is 3.47. The molecule has 5 heteroatoms. The summed E-state index contributed by atoms with van der Waals surface area (Å²) in [6.07, 6.45) is 6.64. The van der Waals surface area contributed by atoms with Crippen LogP contribution < -0.4 is 5.32 Å². The average Bonchev–Trinajstić information content (AvgIpc) is 3.08. The van der Waals surface area contributed by atoms with Crippen molar-refractivity contribution in [3.8, 4) is 0 Å². The van der Waals surface area contributed by atoms with E-state index in [0.717, 1.165) is 57.8 Å². The normalized spacial score (nSPS) is 27.2. The van der Waals surface area contributed by atoms with Crippen LogP contribution >= 0.6 is 0 Å². The molecule has 3 aliphatic rings. The number of amides is 1. The molecule has 5 nitrogen and oxygen atoms in total. The molecule has 1 amide bonds. The molecule has 0 saturated carbocycles. The van der Waals surface area contributed by atoms with Gasteiger partial charge in [-0.25, -0.2) is 0 Å². The molecule has 3 saturated heterocycles. The zero-order chi connectivity index (χ0) is 15.4. The first-order valence-corrected chi connectivity index (χ1v) is 9.01. The lowest BCUT2D eigenvalue weighted by molar-refractivity contribution is -0.159. The van der Waals surface area contributed by atoms with Crippen molar-refractivity contribution < 1.29 is 9.53 Å². The number of ether oxygens (including phenoxy) is 1. The first kappa shape index (κ1) is 16.2. The molecule has 0 radical (unpaired) electrons. The van der Waals surface area contributed by atoms with Crippen molar-refractivity contribution in [2.45, 2.75) is 44.1 Å². The summed E-state index contributed by atoms with van der Waals surface area (Å²) in [6.45, 7) is 7.38. The molecule has 0 aliphatic carbocycles. The number of rotatable bonds is 4. The van der Waals surface area contributed by atoms with E-state index in [1.807, 2.05) is 0 Å². The number of carbonyl (C=O) groups excluding carboxylic acids is 1. The average molecular weight is 309 g/mol. The van der Waals surface area contributed by atoms with Crippen LogP contribution in [-0.2, 0) is 9.53 Å². The van der Waals surface area contributed by atoms with E-state index in [-0.39, 0.29) is 5.91 Å². The van der Waals surface area contributed by atoms with E-state index in [2.05, 4.69) is 15.1 Å². The van der Waals surface area contributed by atoms with E-state index >= 15 is 0 Å². The summed E-state index contributed by atoms with van der Waals surface area (Å²) in [5.41, 5.74) is -0.562. The molecule has 0 atom stereocenters. The first-order valence-electron chi connectivity index (χ1n) is 9.01. The van der Waals surface area contributed by atoms with Gasteiger partial charge >= 0.3 is 0 Å². The van der Waals surface area contributed by atoms with E-state index in [9.17, 15) is 4.79 Å². The van der Waals surface area contributed by atoms with Gasteiger partial charge in [0, 0.05) is 26.7 Å². The van der Waals surface area contributed by atoms with Gasteiger partial charge in [-0.1, -0.05) is 0 Å². The molecule has 0 aromatic heterocycles. The molecule has 0 aromatic carbocycles. The maximum atomic E-state index is 12.9. The predicted molar refractivity (Wildman–Crippen MR) is 86.8 cm³/mol. The van der Waals surface area contributed by atoms with Gasteiger partial charge in [-0.05, 0) is 70.6 Å². The highest BCUT2D eigenvalue weighted by molar-refractivity contribution is 5.85. The Balaban J connectivity index is 1.50. The second kappa shape index (κ2) is 7.28. The Labute approximate surface area is 134 Å². The highest BCUT2D eigenvalue weighted by atomic mass is 16.5. The van der Waals surface area contributed by atoms with Gasteiger partial charge < -0.3 is 19.9 Å². The molecule has 1 N–H and O–H groups in total. The smallest absolute Gasteiger partial charge is 0.254 e. The SMILES string of the molecule is COC1(C(=O)N2CCC(CN3CCCC3)CC2)CCNCC1. The number of hydrogen-bond acceptors (Lipinski definition) is 4. The molecular formula is C17H31N3O2. The summed E-state index contributed by atoms with van der Waals surface area (Å²) in [4.78, 5) is 17.6. The van der Waals surface area contributed by atoms with Gasteiger partial charge in [-0.2, -0.15) is 0 Å². The Morgan fingerprint density at radius 1 is 1.14 bits per heavy atom. The Bertz CT molecular complexity index is 368. The van der Waals surface area contributed by atoms with Crippen LogP contribution in [0, 0.1) is 5.92 Å². The van der Waals surface area contributed by atoms with Gasteiger partial charge in [0.25, 0.3) is 5.91 Å². The van der Waals surface area contributed by atoms with Crippen LogP contribution in [0.4, 0.5) is 0 Å². The maximum Gasteiger partial charge on any atom is 0.254 e. The van der Waals surface area contributed by atoms with Crippen LogP contribution in [0.2, 0.25) is 0 Å². The molecule has 22 heavy (non-hydrogen) atoms. The summed E-state index contributed by atoms with van der Waals surface area (Å²) < 4.78 is 5.69. The molecule has 0 aromatic rings. The fraction of sp³-hybridized carbons (Fsp3) is 0.941. The second-order valence-corrected chi connectivity index (χ2v) is 7.19. The minimum Gasteiger partial charge on any atom is -0.368 e. The van der Waals surface area contributed by atoms with E-state index in [1.54, 1.807) is 7.11 Å². The number of methoxy groups -OCH3 is 1. The summed E-state index contributed by atoms with van der Waals surface area (Å²) in [5, 5.41) is 3.32. The maximum absolute atomic E-state index is 12.9. The largest absolute Gasteiger partial charge is 0.368 e. The molecule has 0 unspecified atom stereocenters. The Morgan fingerprint density at radius 2 is 1.77 bits per heavy atom. The van der Waals surface area contributed by atoms with E-state index in [0.29, 0.717) is 0 Å². The summed E-state index contributed by atoms with van der Waals surface area (Å²) in [6, 6.07) is 0. The van der Waals surface area contributed by atoms with Crippen LogP contribution in [-0.4, -0.2) is 74.2 Å². The van der Waals surface area contributed by atoms with Crippen molar-refractivity contribution in [2.75, 3.05) is 52.9 Å². The Hall–Kier alpha value is -0.650. The molecule has 126 valence electrons. The minimum atomic E-state index is -0.562. The van der Waals surface area contributed by atoms with Crippen molar-refractivity contribution in [3.05, 3.63) is 0 Å². The molecule has 0 spiro atoms. The lowest BCUT2D eigenvalue weighted by Crippen LogP contribution is -2.56. The van der Waals surface area contributed by atoms with Gasteiger partial charge in [-0.3, -0.25) is 4.79 Å². The number of nitrogens with zero attached hydrogens (tertiary/aromatic N) is 2. The zero-order valence-corrected chi connectivity index (χ0v) is 14.0. The zero-order valence-electron chi connectivity index (χ0n) is 14.0. The highest BCUT2D eigenvalue weighted by Crippen LogP contribution is 2.28. The number of hydrogen-bond donors (Lipinski definition) is 1.